The maximum absolute atomic E-state index is 12.6. The monoisotopic (exact) mass is 432 g/mol. The van der Waals surface area contributed by atoms with Crippen LogP contribution in [0.4, 0.5) is 0 Å². The van der Waals surface area contributed by atoms with Gasteiger partial charge in [0, 0.05) is 63.9 Å². The van der Waals surface area contributed by atoms with E-state index in [9.17, 15) is 14.4 Å². The van der Waals surface area contributed by atoms with E-state index < -0.39 is 0 Å². The Morgan fingerprint density at radius 2 is 1.57 bits per heavy atom. The number of carbonyl (C=O) groups is 3. The summed E-state index contributed by atoms with van der Waals surface area (Å²) in [5.74, 6) is 2.90. The van der Waals surface area contributed by atoms with Crippen molar-refractivity contribution in [2.75, 3.05) is 32.3 Å². The molecule has 162 valence electrons. The van der Waals surface area contributed by atoms with Crippen molar-refractivity contribution in [3.05, 3.63) is 0 Å². The Hall–Kier alpha value is -0.370. The fourth-order valence-electron chi connectivity index (χ4n) is 3.62. The number of hydrogen-bond acceptors (Lipinski definition) is 7. The van der Waals surface area contributed by atoms with E-state index in [1.54, 1.807) is 42.7 Å². The van der Waals surface area contributed by atoms with Crippen LogP contribution in [0.15, 0.2) is 0 Å². The lowest BCUT2D eigenvalue weighted by atomic mass is 9.89. The average Bonchev–Trinajstić information content (AvgIpc) is 3.07. The number of Topliss-reactive ketones (excluding diaryl/α,β-unsaturated/α-hetero) is 3. The Balaban J connectivity index is 2.08. The fraction of sp³-hybridized carbons (Fsp3) is 0.857. The van der Waals surface area contributed by atoms with E-state index in [0.717, 1.165) is 43.6 Å². The lowest BCUT2D eigenvalue weighted by Crippen LogP contribution is -2.22. The van der Waals surface area contributed by atoms with Gasteiger partial charge >= 0.3 is 0 Å². The van der Waals surface area contributed by atoms with Gasteiger partial charge in [0.15, 0.2) is 0 Å². The minimum Gasteiger partial charge on any atom is -0.384 e. The first-order valence-corrected chi connectivity index (χ1v) is 12.8. The standard InChI is InChI=1S/C21H36O5S2/c1-16(22)10-12-28-27-11-6-8-18(23)7-4-5-9-21(24)20-14-19(26-3)13-17(20)15-25-2/h17,19-20H,4-15H2,1-3H3/t17-,19+,20?/m1/s1. The van der Waals surface area contributed by atoms with E-state index in [-0.39, 0.29) is 23.7 Å². The summed E-state index contributed by atoms with van der Waals surface area (Å²) in [5.41, 5.74) is 0. The molecule has 3 atom stereocenters. The average molecular weight is 433 g/mol. The first kappa shape index (κ1) is 25.7. The molecule has 0 radical (unpaired) electrons. The van der Waals surface area contributed by atoms with E-state index in [1.165, 1.54) is 0 Å². The molecule has 1 rings (SSSR count). The van der Waals surface area contributed by atoms with Crippen LogP contribution in [-0.4, -0.2) is 55.8 Å². The number of methoxy groups -OCH3 is 2. The second-order valence-electron chi connectivity index (χ2n) is 7.56. The van der Waals surface area contributed by atoms with E-state index in [1.807, 2.05) is 0 Å². The molecule has 0 aromatic carbocycles. The maximum atomic E-state index is 12.6. The van der Waals surface area contributed by atoms with Crippen LogP contribution >= 0.6 is 21.6 Å². The zero-order valence-electron chi connectivity index (χ0n) is 17.6. The molecule has 0 aliphatic heterocycles. The highest BCUT2D eigenvalue weighted by Crippen LogP contribution is 2.35. The van der Waals surface area contributed by atoms with Crippen molar-refractivity contribution in [3.63, 3.8) is 0 Å². The van der Waals surface area contributed by atoms with Gasteiger partial charge in [-0.2, -0.15) is 0 Å². The largest absolute Gasteiger partial charge is 0.384 e. The van der Waals surface area contributed by atoms with Gasteiger partial charge in [0.1, 0.15) is 17.3 Å². The maximum Gasteiger partial charge on any atom is 0.136 e. The summed E-state index contributed by atoms with van der Waals surface area (Å²) in [4.78, 5) is 35.4. The highest BCUT2D eigenvalue weighted by atomic mass is 33.1. The van der Waals surface area contributed by atoms with Crippen LogP contribution in [0.25, 0.3) is 0 Å². The van der Waals surface area contributed by atoms with Crippen LogP contribution in [0.2, 0.25) is 0 Å². The third-order valence-corrected chi connectivity index (χ3v) is 7.70. The van der Waals surface area contributed by atoms with Crippen LogP contribution in [-0.2, 0) is 23.9 Å². The highest BCUT2D eigenvalue weighted by molar-refractivity contribution is 8.76. The van der Waals surface area contributed by atoms with Crippen molar-refractivity contribution in [1.82, 2.24) is 0 Å². The smallest absolute Gasteiger partial charge is 0.136 e. The molecule has 5 nitrogen and oxygen atoms in total. The molecule has 0 bridgehead atoms. The van der Waals surface area contributed by atoms with Crippen molar-refractivity contribution < 1.29 is 23.9 Å². The van der Waals surface area contributed by atoms with Gasteiger partial charge in [0.25, 0.3) is 0 Å². The van der Waals surface area contributed by atoms with Crippen molar-refractivity contribution >= 4 is 38.9 Å². The van der Waals surface area contributed by atoms with Gasteiger partial charge in [-0.05, 0) is 44.9 Å². The zero-order valence-corrected chi connectivity index (χ0v) is 19.2. The first-order chi connectivity index (χ1) is 13.5. The van der Waals surface area contributed by atoms with Crippen LogP contribution in [0.3, 0.4) is 0 Å². The molecule has 0 aromatic heterocycles. The van der Waals surface area contributed by atoms with E-state index >= 15 is 0 Å². The molecule has 1 aliphatic rings. The molecule has 28 heavy (non-hydrogen) atoms. The zero-order chi connectivity index (χ0) is 20.8. The normalized spacial score (nSPS) is 21.8. The molecule has 0 spiro atoms. The first-order valence-electron chi connectivity index (χ1n) is 10.3. The Morgan fingerprint density at radius 3 is 2.25 bits per heavy atom. The van der Waals surface area contributed by atoms with Gasteiger partial charge in [-0.25, -0.2) is 0 Å². The number of rotatable bonds is 17. The predicted molar refractivity (Wildman–Crippen MR) is 117 cm³/mol. The third-order valence-electron chi connectivity index (χ3n) is 5.21. The molecule has 1 saturated carbocycles. The highest BCUT2D eigenvalue weighted by Gasteiger charge is 2.38. The lowest BCUT2D eigenvalue weighted by Gasteiger charge is -2.17. The van der Waals surface area contributed by atoms with Crippen LogP contribution < -0.4 is 0 Å². The van der Waals surface area contributed by atoms with Gasteiger partial charge in [0.2, 0.25) is 0 Å². The summed E-state index contributed by atoms with van der Waals surface area (Å²) >= 11 is 0. The van der Waals surface area contributed by atoms with Crippen molar-refractivity contribution in [2.24, 2.45) is 11.8 Å². The second kappa shape index (κ2) is 15.5. The van der Waals surface area contributed by atoms with Crippen LogP contribution in [0.1, 0.15) is 64.7 Å². The molecule has 1 aliphatic carbocycles. The van der Waals surface area contributed by atoms with Crippen molar-refractivity contribution in [3.8, 4) is 0 Å². The Kier molecular flexibility index (Phi) is 14.2. The number of carbonyl (C=O) groups excluding carboxylic acids is 3. The van der Waals surface area contributed by atoms with E-state index in [2.05, 4.69) is 0 Å². The third kappa shape index (κ3) is 11.0. The molecule has 0 amide bonds. The van der Waals surface area contributed by atoms with Gasteiger partial charge in [-0.3, -0.25) is 14.4 Å². The van der Waals surface area contributed by atoms with Gasteiger partial charge in [-0.15, -0.1) is 0 Å². The molecule has 0 saturated heterocycles. The summed E-state index contributed by atoms with van der Waals surface area (Å²) < 4.78 is 10.7. The van der Waals surface area contributed by atoms with Crippen LogP contribution in [0, 0.1) is 11.8 Å². The summed E-state index contributed by atoms with van der Waals surface area (Å²) in [7, 11) is 6.82. The second-order valence-corrected chi connectivity index (χ2v) is 10.3. The number of ether oxygens (including phenoxy) is 2. The Labute approximate surface area is 177 Å². The number of ketones is 3. The van der Waals surface area contributed by atoms with Gasteiger partial charge in [-0.1, -0.05) is 21.6 Å². The fourth-order valence-corrected chi connectivity index (χ4v) is 5.80. The minimum absolute atomic E-state index is 0.0399. The van der Waals surface area contributed by atoms with Crippen molar-refractivity contribution in [1.29, 1.82) is 0 Å². The summed E-state index contributed by atoms with van der Waals surface area (Å²) in [5, 5.41) is 0. The number of hydrogen-bond donors (Lipinski definition) is 0. The van der Waals surface area contributed by atoms with E-state index in [0.29, 0.717) is 43.9 Å². The minimum atomic E-state index is 0.0399. The molecule has 0 aromatic rings. The van der Waals surface area contributed by atoms with E-state index in [4.69, 9.17) is 9.47 Å². The molecular weight excluding hydrogens is 396 g/mol. The van der Waals surface area contributed by atoms with Crippen molar-refractivity contribution in [2.45, 2.75) is 70.8 Å². The lowest BCUT2D eigenvalue weighted by molar-refractivity contribution is -0.125. The van der Waals surface area contributed by atoms with Gasteiger partial charge < -0.3 is 9.47 Å². The SMILES string of the molecule is COC[C@H]1C[C@H](OC)CC1C(=O)CCCCC(=O)CCCSSCCC(C)=O. The molecular formula is C21H36O5S2. The number of unbranched alkanes of at least 4 members (excludes halogenated alkanes) is 1. The molecule has 1 fully saturated rings. The molecule has 7 heteroatoms. The topological polar surface area (TPSA) is 69.7 Å². The summed E-state index contributed by atoms with van der Waals surface area (Å²) in [6, 6.07) is 0. The quantitative estimate of drug-likeness (QED) is 0.247. The Morgan fingerprint density at radius 1 is 0.893 bits per heavy atom. The van der Waals surface area contributed by atoms with Gasteiger partial charge in [0.05, 0.1) is 6.10 Å². The summed E-state index contributed by atoms with van der Waals surface area (Å²) in [6.45, 7) is 2.22. The molecule has 1 unspecified atom stereocenters. The molecule has 0 N–H and O–H groups in total. The van der Waals surface area contributed by atoms with Crippen LogP contribution in [0.5, 0.6) is 0 Å². The summed E-state index contributed by atoms with van der Waals surface area (Å²) in [6.07, 6.45) is 6.67. The predicted octanol–water partition coefficient (Wildman–Crippen LogP) is 4.51. The Bertz CT molecular complexity index is 483. The molecule has 0 heterocycles.